The Balaban J connectivity index is 1.98. The summed E-state index contributed by atoms with van der Waals surface area (Å²) in [6, 6.07) is 7.86. The molecule has 0 aliphatic heterocycles. The van der Waals surface area contributed by atoms with Crippen LogP contribution in [0.2, 0.25) is 5.02 Å². The summed E-state index contributed by atoms with van der Waals surface area (Å²) in [5.41, 5.74) is 2.94. The highest BCUT2D eigenvalue weighted by Gasteiger charge is 1.99. The van der Waals surface area contributed by atoms with Crippen molar-refractivity contribution in [1.29, 1.82) is 0 Å². The van der Waals surface area contributed by atoms with Crippen LogP contribution in [0.4, 0.5) is 0 Å². The zero-order valence-corrected chi connectivity index (χ0v) is 9.57. The zero-order chi connectivity index (χ0) is 9.80. The Hall–Kier alpha value is -0.580. The monoisotopic (exact) mass is 242 g/mol. The number of thioether (sulfide) groups is 1. The first-order chi connectivity index (χ1) is 6.84. The molecule has 0 saturated heterocycles. The summed E-state index contributed by atoms with van der Waals surface area (Å²) < 4.78 is 0.991. The first kappa shape index (κ1) is 9.96. The Morgan fingerprint density at radius 2 is 2.36 bits per heavy atom. The van der Waals surface area contributed by atoms with Crippen LogP contribution in [0, 0.1) is 0 Å². The predicted molar refractivity (Wildman–Crippen MR) is 60.9 cm³/mol. The second kappa shape index (κ2) is 4.77. The molecule has 1 heterocycles. The third-order valence-electron chi connectivity index (χ3n) is 1.59. The smallest absolute Gasteiger partial charge is 0.146 e. The molecule has 0 amide bonds. The van der Waals surface area contributed by atoms with Gasteiger partial charge in [0.05, 0.1) is 0 Å². The molecule has 2 aromatic rings. The highest BCUT2D eigenvalue weighted by atomic mass is 35.5. The lowest BCUT2D eigenvalue weighted by atomic mass is 10.2. The number of hydrogen-bond donors (Lipinski definition) is 0. The van der Waals surface area contributed by atoms with Crippen LogP contribution in [-0.4, -0.2) is 10.2 Å². The molecule has 5 heteroatoms. The van der Waals surface area contributed by atoms with Crippen molar-refractivity contribution in [3.05, 3.63) is 40.4 Å². The van der Waals surface area contributed by atoms with Crippen molar-refractivity contribution in [2.24, 2.45) is 0 Å². The second-order valence-electron chi connectivity index (χ2n) is 2.62. The first-order valence-electron chi connectivity index (χ1n) is 3.98. The van der Waals surface area contributed by atoms with E-state index in [2.05, 4.69) is 16.3 Å². The Morgan fingerprint density at radius 3 is 3.07 bits per heavy atom. The predicted octanol–water partition coefficient (Wildman–Crippen LogP) is 3.48. The second-order valence-corrected chi connectivity index (χ2v) is 5.12. The van der Waals surface area contributed by atoms with Crippen LogP contribution in [0.5, 0.6) is 0 Å². The standard InChI is InChI=1S/C9H7ClN2S2/c10-8-3-1-2-7(4-8)5-13-9-12-11-6-14-9/h1-4,6H,5H2. The van der Waals surface area contributed by atoms with E-state index in [0.717, 1.165) is 15.1 Å². The van der Waals surface area contributed by atoms with Crippen molar-refractivity contribution in [3.63, 3.8) is 0 Å². The highest BCUT2D eigenvalue weighted by molar-refractivity contribution is 8.00. The van der Waals surface area contributed by atoms with Crippen molar-refractivity contribution in [2.75, 3.05) is 0 Å². The molecule has 2 nitrogen and oxygen atoms in total. The molecule has 0 N–H and O–H groups in total. The average molecular weight is 243 g/mol. The van der Waals surface area contributed by atoms with Crippen molar-refractivity contribution >= 4 is 34.7 Å². The number of nitrogens with zero attached hydrogens (tertiary/aromatic N) is 2. The average Bonchev–Trinajstić information content (AvgIpc) is 2.67. The van der Waals surface area contributed by atoms with E-state index >= 15 is 0 Å². The maximum absolute atomic E-state index is 5.87. The van der Waals surface area contributed by atoms with Gasteiger partial charge in [0.25, 0.3) is 0 Å². The summed E-state index contributed by atoms with van der Waals surface area (Å²) in [6.45, 7) is 0. The SMILES string of the molecule is Clc1cccc(CSc2nncs2)c1. The molecule has 0 fully saturated rings. The summed E-state index contributed by atoms with van der Waals surface area (Å²) in [7, 11) is 0. The zero-order valence-electron chi connectivity index (χ0n) is 7.18. The first-order valence-corrected chi connectivity index (χ1v) is 6.22. The minimum atomic E-state index is 0.778. The minimum Gasteiger partial charge on any atom is -0.146 e. The van der Waals surface area contributed by atoms with Gasteiger partial charge in [-0.2, -0.15) is 0 Å². The molecule has 0 saturated carbocycles. The van der Waals surface area contributed by atoms with E-state index in [-0.39, 0.29) is 0 Å². The van der Waals surface area contributed by atoms with Gasteiger partial charge in [-0.3, -0.25) is 0 Å². The Bertz CT molecular complexity index is 403. The fraction of sp³-hybridized carbons (Fsp3) is 0.111. The van der Waals surface area contributed by atoms with Crippen molar-refractivity contribution in [3.8, 4) is 0 Å². The molecule has 14 heavy (non-hydrogen) atoms. The normalized spacial score (nSPS) is 10.4. The molecule has 0 atom stereocenters. The third-order valence-corrected chi connectivity index (χ3v) is 3.76. The Kier molecular flexibility index (Phi) is 3.39. The number of halogens is 1. The van der Waals surface area contributed by atoms with Crippen molar-refractivity contribution in [2.45, 2.75) is 10.1 Å². The van der Waals surface area contributed by atoms with E-state index in [1.54, 1.807) is 28.6 Å². The quantitative estimate of drug-likeness (QED) is 0.771. The van der Waals surface area contributed by atoms with Crippen LogP contribution in [0.1, 0.15) is 5.56 Å². The van der Waals surface area contributed by atoms with E-state index in [1.165, 1.54) is 5.56 Å². The summed E-state index contributed by atoms with van der Waals surface area (Å²) in [6.07, 6.45) is 0. The van der Waals surface area contributed by atoms with Gasteiger partial charge in [0.15, 0.2) is 4.34 Å². The van der Waals surface area contributed by atoms with Gasteiger partial charge < -0.3 is 0 Å². The Morgan fingerprint density at radius 1 is 1.43 bits per heavy atom. The van der Waals surface area contributed by atoms with Gasteiger partial charge in [0.1, 0.15) is 5.51 Å². The molecule has 0 radical (unpaired) electrons. The van der Waals surface area contributed by atoms with Crippen LogP contribution in [0.25, 0.3) is 0 Å². The fourth-order valence-corrected chi connectivity index (χ4v) is 2.64. The van der Waals surface area contributed by atoms with Gasteiger partial charge >= 0.3 is 0 Å². The third kappa shape index (κ3) is 2.70. The maximum atomic E-state index is 5.87. The number of rotatable bonds is 3. The van der Waals surface area contributed by atoms with Gasteiger partial charge in [-0.1, -0.05) is 46.8 Å². The summed E-state index contributed by atoms with van der Waals surface area (Å²) >= 11 is 9.10. The van der Waals surface area contributed by atoms with Crippen molar-refractivity contribution < 1.29 is 0 Å². The fourth-order valence-electron chi connectivity index (χ4n) is 0.998. The summed E-state index contributed by atoms with van der Waals surface area (Å²) in [4.78, 5) is 0. The molecule has 0 unspecified atom stereocenters. The van der Waals surface area contributed by atoms with Crippen molar-refractivity contribution in [1.82, 2.24) is 10.2 Å². The van der Waals surface area contributed by atoms with Crippen LogP contribution in [0.3, 0.4) is 0 Å². The summed E-state index contributed by atoms with van der Waals surface area (Å²) in [5.74, 6) is 0.885. The topological polar surface area (TPSA) is 25.8 Å². The van der Waals surface area contributed by atoms with Crippen LogP contribution in [0.15, 0.2) is 34.1 Å². The lowest BCUT2D eigenvalue weighted by Crippen LogP contribution is -1.79. The van der Waals surface area contributed by atoms with Gasteiger partial charge in [-0.25, -0.2) is 0 Å². The van der Waals surface area contributed by atoms with E-state index in [4.69, 9.17) is 11.6 Å². The van der Waals surface area contributed by atoms with E-state index < -0.39 is 0 Å². The van der Waals surface area contributed by atoms with Crippen LogP contribution < -0.4 is 0 Å². The number of aromatic nitrogens is 2. The van der Waals surface area contributed by atoms with Gasteiger partial charge in [0.2, 0.25) is 0 Å². The van der Waals surface area contributed by atoms with Gasteiger partial charge in [-0.15, -0.1) is 10.2 Å². The Labute approximate surface area is 95.3 Å². The van der Waals surface area contributed by atoms with E-state index in [0.29, 0.717) is 0 Å². The van der Waals surface area contributed by atoms with Crippen LogP contribution >= 0.6 is 34.7 Å². The molecule has 72 valence electrons. The maximum Gasteiger partial charge on any atom is 0.174 e. The lowest BCUT2D eigenvalue weighted by Gasteiger charge is -1.98. The van der Waals surface area contributed by atoms with Gasteiger partial charge in [0, 0.05) is 10.8 Å². The molecule has 0 aliphatic carbocycles. The molecule has 1 aromatic carbocycles. The molecule has 0 spiro atoms. The molecule has 0 aliphatic rings. The van der Waals surface area contributed by atoms with E-state index in [1.807, 2.05) is 18.2 Å². The highest BCUT2D eigenvalue weighted by Crippen LogP contribution is 2.24. The molecule has 1 aromatic heterocycles. The molecular weight excluding hydrogens is 236 g/mol. The minimum absolute atomic E-state index is 0.778. The largest absolute Gasteiger partial charge is 0.174 e. The molecule has 0 bridgehead atoms. The molecule has 2 rings (SSSR count). The number of hydrogen-bond acceptors (Lipinski definition) is 4. The summed E-state index contributed by atoms with van der Waals surface area (Å²) in [5, 5.41) is 8.50. The number of benzene rings is 1. The van der Waals surface area contributed by atoms with E-state index in [9.17, 15) is 0 Å². The lowest BCUT2D eigenvalue weighted by molar-refractivity contribution is 1.01. The molecular formula is C9H7ClN2S2. The van der Waals surface area contributed by atoms with Crippen LogP contribution in [-0.2, 0) is 5.75 Å². The van der Waals surface area contributed by atoms with Gasteiger partial charge in [-0.05, 0) is 17.7 Å².